The van der Waals surface area contributed by atoms with E-state index in [2.05, 4.69) is 21.2 Å². The number of amides is 2. The Morgan fingerprint density at radius 2 is 1.89 bits per heavy atom. The highest BCUT2D eigenvalue weighted by atomic mass is 79.9. The van der Waals surface area contributed by atoms with Crippen LogP contribution in [0.25, 0.3) is 0 Å². The SMILES string of the molecule is Cc1cc(Br)ccc1NC(=O)CN(C)C(=O)CCCOc1ccc(F)cc1. The molecule has 0 saturated carbocycles. The first kappa shape index (κ1) is 20.9. The first-order valence-corrected chi connectivity index (χ1v) is 9.33. The molecule has 0 atom stereocenters. The number of benzene rings is 2. The van der Waals surface area contributed by atoms with Gasteiger partial charge in [-0.2, -0.15) is 0 Å². The largest absolute Gasteiger partial charge is 0.494 e. The second-order valence-corrected chi connectivity index (χ2v) is 7.08. The molecule has 0 aliphatic rings. The second-order valence-electron chi connectivity index (χ2n) is 6.16. The normalized spacial score (nSPS) is 10.4. The van der Waals surface area contributed by atoms with Crippen LogP contribution in [0.5, 0.6) is 5.75 Å². The van der Waals surface area contributed by atoms with Gasteiger partial charge in [-0.1, -0.05) is 15.9 Å². The molecular weight excluding hydrogens is 415 g/mol. The summed E-state index contributed by atoms with van der Waals surface area (Å²) in [5.41, 5.74) is 1.65. The van der Waals surface area contributed by atoms with Gasteiger partial charge in [-0.15, -0.1) is 0 Å². The number of anilines is 1. The fourth-order valence-corrected chi connectivity index (χ4v) is 2.87. The highest BCUT2D eigenvalue weighted by Crippen LogP contribution is 2.20. The first-order valence-electron chi connectivity index (χ1n) is 8.53. The van der Waals surface area contributed by atoms with Crippen molar-refractivity contribution in [1.29, 1.82) is 0 Å². The van der Waals surface area contributed by atoms with Crippen molar-refractivity contribution in [3.63, 3.8) is 0 Å². The van der Waals surface area contributed by atoms with Crippen molar-refractivity contribution in [2.24, 2.45) is 0 Å². The van der Waals surface area contributed by atoms with Crippen LogP contribution in [-0.4, -0.2) is 36.9 Å². The van der Waals surface area contributed by atoms with Crippen molar-refractivity contribution < 1.29 is 18.7 Å². The summed E-state index contributed by atoms with van der Waals surface area (Å²) in [7, 11) is 1.59. The van der Waals surface area contributed by atoms with Gasteiger partial charge in [-0.25, -0.2) is 4.39 Å². The van der Waals surface area contributed by atoms with E-state index in [0.717, 1.165) is 15.7 Å². The van der Waals surface area contributed by atoms with Gasteiger partial charge in [0.15, 0.2) is 0 Å². The van der Waals surface area contributed by atoms with Crippen LogP contribution < -0.4 is 10.1 Å². The molecule has 0 radical (unpaired) electrons. The predicted molar refractivity (Wildman–Crippen MR) is 106 cm³/mol. The Kier molecular flexibility index (Phi) is 7.79. The minimum absolute atomic E-state index is 0.0207. The van der Waals surface area contributed by atoms with E-state index in [1.807, 2.05) is 25.1 Å². The first-order chi connectivity index (χ1) is 12.8. The van der Waals surface area contributed by atoms with Crippen LogP contribution in [0.4, 0.5) is 10.1 Å². The van der Waals surface area contributed by atoms with Crippen LogP contribution in [0.3, 0.4) is 0 Å². The zero-order chi connectivity index (χ0) is 19.8. The summed E-state index contributed by atoms with van der Waals surface area (Å²) < 4.78 is 19.2. The minimum Gasteiger partial charge on any atom is -0.494 e. The summed E-state index contributed by atoms with van der Waals surface area (Å²) in [6.07, 6.45) is 0.774. The van der Waals surface area contributed by atoms with Crippen molar-refractivity contribution in [1.82, 2.24) is 4.90 Å². The third-order valence-corrected chi connectivity index (χ3v) is 4.38. The fraction of sp³-hybridized carbons (Fsp3) is 0.300. The van der Waals surface area contributed by atoms with E-state index in [4.69, 9.17) is 4.74 Å². The molecule has 0 saturated heterocycles. The molecule has 0 aliphatic carbocycles. The Morgan fingerprint density at radius 3 is 2.56 bits per heavy atom. The molecule has 2 aromatic rings. The van der Waals surface area contributed by atoms with Crippen LogP contribution in [-0.2, 0) is 9.59 Å². The molecule has 144 valence electrons. The number of halogens is 2. The molecule has 7 heteroatoms. The van der Waals surface area contributed by atoms with Gasteiger partial charge < -0.3 is 15.0 Å². The molecule has 0 spiro atoms. The maximum Gasteiger partial charge on any atom is 0.243 e. The summed E-state index contributed by atoms with van der Waals surface area (Å²) in [5.74, 6) is -0.156. The summed E-state index contributed by atoms with van der Waals surface area (Å²) in [6.45, 7) is 2.22. The molecule has 1 N–H and O–H groups in total. The molecule has 0 heterocycles. The Balaban J connectivity index is 1.71. The Bertz CT molecular complexity index is 796. The van der Waals surface area contributed by atoms with Crippen molar-refractivity contribution >= 4 is 33.4 Å². The minimum atomic E-state index is -0.323. The Labute approximate surface area is 166 Å². The lowest BCUT2D eigenvalue weighted by molar-refractivity contribution is -0.133. The fourth-order valence-electron chi connectivity index (χ4n) is 2.40. The van der Waals surface area contributed by atoms with Crippen molar-refractivity contribution in [2.75, 3.05) is 25.5 Å². The molecule has 2 aromatic carbocycles. The van der Waals surface area contributed by atoms with Gasteiger partial charge in [0.25, 0.3) is 0 Å². The number of likely N-dealkylation sites (N-methyl/N-ethyl adjacent to an activating group) is 1. The lowest BCUT2D eigenvalue weighted by atomic mass is 10.2. The highest BCUT2D eigenvalue weighted by molar-refractivity contribution is 9.10. The smallest absolute Gasteiger partial charge is 0.243 e. The number of hydrogen-bond donors (Lipinski definition) is 1. The molecule has 0 bridgehead atoms. The average molecular weight is 437 g/mol. The van der Waals surface area contributed by atoms with E-state index in [1.165, 1.54) is 29.2 Å². The van der Waals surface area contributed by atoms with Crippen LogP contribution in [0.1, 0.15) is 18.4 Å². The molecule has 0 fully saturated rings. The van der Waals surface area contributed by atoms with Crippen LogP contribution in [0, 0.1) is 12.7 Å². The summed E-state index contributed by atoms with van der Waals surface area (Å²) in [4.78, 5) is 25.7. The Hall–Kier alpha value is -2.41. The lowest BCUT2D eigenvalue weighted by Gasteiger charge is -2.17. The highest BCUT2D eigenvalue weighted by Gasteiger charge is 2.13. The van der Waals surface area contributed by atoms with Gasteiger partial charge in [0.05, 0.1) is 13.2 Å². The van der Waals surface area contributed by atoms with Gasteiger partial charge >= 0.3 is 0 Å². The second kappa shape index (κ2) is 10.1. The van der Waals surface area contributed by atoms with E-state index < -0.39 is 0 Å². The van der Waals surface area contributed by atoms with Crippen molar-refractivity contribution in [3.8, 4) is 5.75 Å². The lowest BCUT2D eigenvalue weighted by Crippen LogP contribution is -2.35. The Morgan fingerprint density at radius 1 is 1.19 bits per heavy atom. The maximum absolute atomic E-state index is 12.8. The zero-order valence-electron chi connectivity index (χ0n) is 15.3. The van der Waals surface area contributed by atoms with Crippen molar-refractivity contribution in [3.05, 3.63) is 58.3 Å². The standard InChI is InChI=1S/C20H22BrFN2O3/c1-14-12-15(21)5-10-18(14)23-19(25)13-24(2)20(26)4-3-11-27-17-8-6-16(22)7-9-17/h5-10,12H,3-4,11,13H2,1-2H3,(H,23,25). The number of aryl methyl sites for hydroxylation is 1. The zero-order valence-corrected chi connectivity index (χ0v) is 16.9. The molecule has 2 rings (SSSR count). The maximum atomic E-state index is 12.8. The molecule has 27 heavy (non-hydrogen) atoms. The van der Waals surface area contributed by atoms with Gasteiger partial charge in [0.2, 0.25) is 11.8 Å². The summed E-state index contributed by atoms with van der Waals surface area (Å²) >= 11 is 3.38. The quantitative estimate of drug-likeness (QED) is 0.632. The van der Waals surface area contributed by atoms with E-state index in [-0.39, 0.29) is 30.6 Å². The molecule has 0 unspecified atom stereocenters. The van der Waals surface area contributed by atoms with Crippen molar-refractivity contribution in [2.45, 2.75) is 19.8 Å². The molecule has 0 aliphatic heterocycles. The van der Waals surface area contributed by atoms with E-state index in [9.17, 15) is 14.0 Å². The third-order valence-electron chi connectivity index (χ3n) is 3.89. The number of ether oxygens (including phenoxy) is 1. The average Bonchev–Trinajstić information content (AvgIpc) is 2.62. The van der Waals surface area contributed by atoms with Crippen LogP contribution in [0.2, 0.25) is 0 Å². The van der Waals surface area contributed by atoms with Gasteiger partial charge in [0.1, 0.15) is 11.6 Å². The molecule has 5 nitrogen and oxygen atoms in total. The van der Waals surface area contributed by atoms with Crippen LogP contribution in [0.15, 0.2) is 46.9 Å². The topological polar surface area (TPSA) is 58.6 Å². The number of hydrogen-bond acceptors (Lipinski definition) is 3. The number of nitrogens with zero attached hydrogens (tertiary/aromatic N) is 1. The number of carbonyl (C=O) groups is 2. The van der Waals surface area contributed by atoms with E-state index >= 15 is 0 Å². The summed E-state index contributed by atoms with van der Waals surface area (Å²) in [5, 5.41) is 2.81. The van der Waals surface area contributed by atoms with E-state index in [0.29, 0.717) is 18.8 Å². The predicted octanol–water partition coefficient (Wildman–Crippen LogP) is 4.15. The van der Waals surface area contributed by atoms with Gasteiger partial charge in [-0.05, 0) is 61.4 Å². The molecular formula is C20H22BrFN2O3. The monoisotopic (exact) mass is 436 g/mol. The number of nitrogens with one attached hydrogen (secondary N) is 1. The number of carbonyl (C=O) groups excluding carboxylic acids is 2. The van der Waals surface area contributed by atoms with E-state index in [1.54, 1.807) is 7.05 Å². The van der Waals surface area contributed by atoms with Gasteiger partial charge in [0, 0.05) is 23.6 Å². The number of rotatable bonds is 8. The third kappa shape index (κ3) is 7.02. The van der Waals surface area contributed by atoms with Crippen LogP contribution >= 0.6 is 15.9 Å². The molecule has 0 aromatic heterocycles. The summed E-state index contributed by atoms with van der Waals surface area (Å²) in [6, 6.07) is 11.3. The molecule has 2 amide bonds. The van der Waals surface area contributed by atoms with Gasteiger partial charge in [-0.3, -0.25) is 9.59 Å².